The van der Waals surface area contributed by atoms with Gasteiger partial charge in [-0.3, -0.25) is 9.79 Å². The van der Waals surface area contributed by atoms with Gasteiger partial charge in [-0.05, 0) is 38.3 Å². The Balaban J connectivity index is 1.56. The monoisotopic (exact) mass is 398 g/mol. The van der Waals surface area contributed by atoms with Crippen LogP contribution >= 0.6 is 11.6 Å². The number of hydrogen-bond acceptors (Lipinski definition) is 4. The minimum absolute atomic E-state index is 0.00940. The summed E-state index contributed by atoms with van der Waals surface area (Å²) < 4.78 is 0. The average Bonchev–Trinajstić information content (AvgIpc) is 3.25. The SMILES string of the molecule is C[C@H]1[C@H](N=C2CCC(Cl)=CN2)CCCN1C(=O)c1ccccc1-n1nccn1. The number of likely N-dealkylation sites (tertiary alicyclic amines) is 1. The zero-order valence-electron chi connectivity index (χ0n) is 15.8. The van der Waals surface area contributed by atoms with Gasteiger partial charge in [0.2, 0.25) is 0 Å². The van der Waals surface area contributed by atoms with Gasteiger partial charge in [0.15, 0.2) is 0 Å². The molecule has 0 radical (unpaired) electrons. The largest absolute Gasteiger partial charge is 0.349 e. The van der Waals surface area contributed by atoms with E-state index in [2.05, 4.69) is 22.4 Å². The molecule has 7 nitrogen and oxygen atoms in total. The van der Waals surface area contributed by atoms with Crippen LogP contribution in [-0.4, -0.2) is 50.3 Å². The summed E-state index contributed by atoms with van der Waals surface area (Å²) in [5.41, 5.74) is 1.29. The van der Waals surface area contributed by atoms with E-state index in [-0.39, 0.29) is 18.0 Å². The highest BCUT2D eigenvalue weighted by atomic mass is 35.5. The van der Waals surface area contributed by atoms with Crippen molar-refractivity contribution < 1.29 is 4.79 Å². The number of para-hydroxylation sites is 1. The van der Waals surface area contributed by atoms with E-state index >= 15 is 0 Å². The van der Waals surface area contributed by atoms with Crippen LogP contribution in [0.1, 0.15) is 43.0 Å². The number of amidine groups is 1. The van der Waals surface area contributed by atoms with Crippen LogP contribution in [0.25, 0.3) is 5.69 Å². The van der Waals surface area contributed by atoms with E-state index in [1.54, 1.807) is 18.6 Å². The first-order valence-electron chi connectivity index (χ1n) is 9.58. The van der Waals surface area contributed by atoms with Gasteiger partial charge in [0.05, 0.1) is 35.7 Å². The zero-order chi connectivity index (χ0) is 19.5. The molecule has 8 heteroatoms. The smallest absolute Gasteiger partial charge is 0.256 e. The number of amides is 1. The molecule has 1 fully saturated rings. The lowest BCUT2D eigenvalue weighted by Crippen LogP contribution is -2.49. The van der Waals surface area contributed by atoms with Crippen LogP contribution in [0.3, 0.4) is 0 Å². The van der Waals surface area contributed by atoms with E-state index in [9.17, 15) is 4.79 Å². The summed E-state index contributed by atoms with van der Waals surface area (Å²) >= 11 is 6.02. The van der Waals surface area contributed by atoms with Crippen molar-refractivity contribution in [1.29, 1.82) is 0 Å². The molecule has 1 aromatic carbocycles. The number of rotatable bonds is 3. The molecule has 2 aliphatic rings. The Hall–Kier alpha value is -2.67. The van der Waals surface area contributed by atoms with E-state index < -0.39 is 0 Å². The zero-order valence-corrected chi connectivity index (χ0v) is 16.5. The van der Waals surface area contributed by atoms with Crippen molar-refractivity contribution in [1.82, 2.24) is 25.2 Å². The maximum absolute atomic E-state index is 13.4. The number of benzene rings is 1. The van der Waals surface area contributed by atoms with Gasteiger partial charge in [-0.2, -0.15) is 15.0 Å². The van der Waals surface area contributed by atoms with Gasteiger partial charge in [0.1, 0.15) is 5.84 Å². The molecule has 0 spiro atoms. The number of aromatic nitrogens is 3. The standard InChI is InChI=1S/C20H23ClN6O/c1-14-17(25-19-9-8-15(21)13-22-19)6-4-12-26(14)20(28)16-5-2-3-7-18(16)27-23-10-11-24-27/h2-3,5,7,10-11,13-14,17H,4,6,8-9,12H2,1H3,(H,22,25)/t14-,17+/m0/s1. The van der Waals surface area contributed by atoms with E-state index in [1.165, 1.54) is 4.80 Å². The van der Waals surface area contributed by atoms with Crippen molar-refractivity contribution in [2.45, 2.75) is 44.7 Å². The molecule has 146 valence electrons. The summed E-state index contributed by atoms with van der Waals surface area (Å²) in [4.78, 5) is 21.7. The summed E-state index contributed by atoms with van der Waals surface area (Å²) in [7, 11) is 0. The van der Waals surface area contributed by atoms with Crippen LogP contribution in [0.4, 0.5) is 0 Å². The van der Waals surface area contributed by atoms with Crippen LogP contribution in [0.15, 0.2) is 52.9 Å². The third-order valence-electron chi connectivity index (χ3n) is 5.29. The molecule has 3 heterocycles. The second kappa shape index (κ2) is 8.14. The summed E-state index contributed by atoms with van der Waals surface area (Å²) in [5.74, 6) is 0.932. The van der Waals surface area contributed by atoms with Gasteiger partial charge in [-0.1, -0.05) is 23.7 Å². The molecule has 0 saturated carbocycles. The lowest BCUT2D eigenvalue weighted by molar-refractivity contribution is 0.0606. The fraction of sp³-hybridized carbons (Fsp3) is 0.400. The Kier molecular flexibility index (Phi) is 5.43. The minimum atomic E-state index is -0.00940. The van der Waals surface area contributed by atoms with Crippen molar-refractivity contribution in [3.63, 3.8) is 0 Å². The lowest BCUT2D eigenvalue weighted by Gasteiger charge is -2.38. The molecule has 2 aliphatic heterocycles. The molecule has 1 saturated heterocycles. The average molecular weight is 399 g/mol. The molecule has 0 unspecified atom stereocenters. The molecular formula is C20H23ClN6O. The normalized spacial score (nSPS) is 24.0. The number of hydrogen-bond donors (Lipinski definition) is 1. The number of carbonyl (C=O) groups excluding carboxylic acids is 1. The first-order chi connectivity index (χ1) is 13.6. The fourth-order valence-electron chi connectivity index (χ4n) is 3.75. The first-order valence-corrected chi connectivity index (χ1v) is 9.95. The van der Waals surface area contributed by atoms with Gasteiger partial charge in [0.25, 0.3) is 5.91 Å². The van der Waals surface area contributed by atoms with Crippen LogP contribution in [0, 0.1) is 0 Å². The Morgan fingerprint density at radius 2 is 2.04 bits per heavy atom. The lowest BCUT2D eigenvalue weighted by atomic mass is 9.96. The summed E-state index contributed by atoms with van der Waals surface area (Å²) in [5, 5.41) is 12.3. The number of nitrogens with one attached hydrogen (secondary N) is 1. The molecule has 0 aliphatic carbocycles. The fourth-order valence-corrected chi connectivity index (χ4v) is 3.90. The van der Waals surface area contributed by atoms with Crippen LogP contribution in [0.5, 0.6) is 0 Å². The van der Waals surface area contributed by atoms with Crippen LogP contribution < -0.4 is 5.32 Å². The number of allylic oxidation sites excluding steroid dienone is 1. The summed E-state index contributed by atoms with van der Waals surface area (Å²) in [6.45, 7) is 2.80. The molecule has 4 rings (SSSR count). The van der Waals surface area contributed by atoms with Gasteiger partial charge in [-0.25, -0.2) is 0 Å². The highest BCUT2D eigenvalue weighted by molar-refractivity contribution is 6.30. The molecule has 1 aromatic heterocycles. The van der Waals surface area contributed by atoms with E-state index in [0.717, 1.165) is 43.1 Å². The number of piperidine rings is 1. The van der Waals surface area contributed by atoms with Gasteiger partial charge in [-0.15, -0.1) is 0 Å². The van der Waals surface area contributed by atoms with Crippen molar-refractivity contribution in [2.75, 3.05) is 6.54 Å². The predicted molar refractivity (Wildman–Crippen MR) is 109 cm³/mol. The van der Waals surface area contributed by atoms with Crippen molar-refractivity contribution >= 4 is 23.3 Å². The molecule has 2 atom stereocenters. The van der Waals surface area contributed by atoms with Crippen molar-refractivity contribution in [3.05, 3.63) is 53.5 Å². The van der Waals surface area contributed by atoms with Crippen molar-refractivity contribution in [2.24, 2.45) is 4.99 Å². The van der Waals surface area contributed by atoms with Gasteiger partial charge >= 0.3 is 0 Å². The molecular weight excluding hydrogens is 376 g/mol. The number of carbonyl (C=O) groups is 1. The Labute approximate surface area is 169 Å². The van der Waals surface area contributed by atoms with E-state index in [1.807, 2.05) is 29.2 Å². The molecule has 1 amide bonds. The number of aliphatic imine (C=N–C) groups is 1. The Morgan fingerprint density at radius 1 is 1.25 bits per heavy atom. The number of nitrogens with zero attached hydrogens (tertiary/aromatic N) is 5. The van der Waals surface area contributed by atoms with Crippen molar-refractivity contribution in [3.8, 4) is 5.69 Å². The topological polar surface area (TPSA) is 75.4 Å². The number of halogens is 1. The maximum atomic E-state index is 13.4. The molecule has 28 heavy (non-hydrogen) atoms. The maximum Gasteiger partial charge on any atom is 0.256 e. The Morgan fingerprint density at radius 3 is 2.79 bits per heavy atom. The molecule has 0 bridgehead atoms. The highest BCUT2D eigenvalue weighted by Crippen LogP contribution is 2.25. The summed E-state index contributed by atoms with van der Waals surface area (Å²) in [6, 6.07) is 7.53. The predicted octanol–water partition coefficient (Wildman–Crippen LogP) is 3.12. The third kappa shape index (κ3) is 3.80. The quantitative estimate of drug-likeness (QED) is 0.861. The second-order valence-electron chi connectivity index (χ2n) is 7.10. The van der Waals surface area contributed by atoms with E-state index in [4.69, 9.17) is 16.6 Å². The highest BCUT2D eigenvalue weighted by Gasteiger charge is 2.33. The van der Waals surface area contributed by atoms with Crippen LogP contribution in [-0.2, 0) is 0 Å². The van der Waals surface area contributed by atoms with Gasteiger partial charge < -0.3 is 10.2 Å². The van der Waals surface area contributed by atoms with E-state index in [0.29, 0.717) is 11.3 Å². The molecule has 1 N–H and O–H groups in total. The Bertz CT molecular complexity index is 907. The third-order valence-corrected chi connectivity index (χ3v) is 5.59. The molecule has 2 aromatic rings. The van der Waals surface area contributed by atoms with Gasteiger partial charge in [0, 0.05) is 24.2 Å². The van der Waals surface area contributed by atoms with Crippen LogP contribution in [0.2, 0.25) is 0 Å². The minimum Gasteiger partial charge on any atom is -0.349 e. The first kappa shape index (κ1) is 18.7. The second-order valence-corrected chi connectivity index (χ2v) is 7.58. The summed E-state index contributed by atoms with van der Waals surface area (Å²) in [6.07, 6.45) is 8.52.